The minimum absolute atomic E-state index is 0. The molecule has 0 spiro atoms. The van der Waals surface area contributed by atoms with Gasteiger partial charge in [-0.15, -0.1) is 0 Å². The Morgan fingerprint density at radius 3 is 2.75 bits per heavy atom. The smallest absolute Gasteiger partial charge is 1.00 e. The SMILES string of the molecule is NC(=O)CN1CC(O)CC1=O.[H-].[K+]. The van der Waals surface area contributed by atoms with Crippen molar-refractivity contribution in [2.24, 2.45) is 5.73 Å². The van der Waals surface area contributed by atoms with Gasteiger partial charge in [0.1, 0.15) is 0 Å². The van der Waals surface area contributed by atoms with Crippen molar-refractivity contribution >= 4 is 11.8 Å². The van der Waals surface area contributed by atoms with Crippen LogP contribution in [0, 0.1) is 0 Å². The van der Waals surface area contributed by atoms with E-state index in [1.54, 1.807) is 0 Å². The summed E-state index contributed by atoms with van der Waals surface area (Å²) in [5.41, 5.74) is 4.87. The summed E-state index contributed by atoms with van der Waals surface area (Å²) in [6.07, 6.45) is -0.533. The second kappa shape index (κ2) is 5.31. The number of carbonyl (C=O) groups is 2. The van der Waals surface area contributed by atoms with Crippen LogP contribution in [0.2, 0.25) is 0 Å². The van der Waals surface area contributed by atoms with E-state index in [9.17, 15) is 9.59 Å². The number of aliphatic hydroxyl groups excluding tert-OH is 1. The van der Waals surface area contributed by atoms with E-state index in [0.717, 1.165) is 0 Å². The standard InChI is InChI=1S/C6H10N2O3.K.H/c7-5(10)3-8-2-4(9)1-6(8)11;;/h4,9H,1-3H2,(H2,7,10);;/q;+1;-1. The molecule has 1 rings (SSSR count). The molecule has 2 amide bonds. The minimum Gasteiger partial charge on any atom is -1.00 e. The van der Waals surface area contributed by atoms with Gasteiger partial charge in [-0.05, 0) is 0 Å². The number of carbonyl (C=O) groups excluding carboxylic acids is 2. The summed E-state index contributed by atoms with van der Waals surface area (Å²) in [6, 6.07) is 0. The van der Waals surface area contributed by atoms with Crippen molar-refractivity contribution in [2.75, 3.05) is 13.1 Å². The zero-order chi connectivity index (χ0) is 8.43. The average molecular weight is 198 g/mol. The van der Waals surface area contributed by atoms with E-state index in [0.29, 0.717) is 0 Å². The fourth-order valence-electron chi connectivity index (χ4n) is 1.09. The van der Waals surface area contributed by atoms with Gasteiger partial charge in [-0.3, -0.25) is 9.59 Å². The first-order valence-electron chi connectivity index (χ1n) is 3.33. The van der Waals surface area contributed by atoms with E-state index >= 15 is 0 Å². The zero-order valence-corrected chi connectivity index (χ0v) is 10.1. The Morgan fingerprint density at radius 2 is 2.42 bits per heavy atom. The van der Waals surface area contributed by atoms with Crippen molar-refractivity contribution in [3.05, 3.63) is 0 Å². The molecule has 1 fully saturated rings. The van der Waals surface area contributed by atoms with Gasteiger partial charge in [-0.1, -0.05) is 0 Å². The maximum atomic E-state index is 10.9. The Balaban J connectivity index is 0. The largest absolute Gasteiger partial charge is 1.00 e. The predicted octanol–water partition coefficient (Wildman–Crippen LogP) is -4.82. The summed E-state index contributed by atoms with van der Waals surface area (Å²) >= 11 is 0. The monoisotopic (exact) mass is 198 g/mol. The van der Waals surface area contributed by atoms with Crippen LogP contribution in [0.5, 0.6) is 0 Å². The summed E-state index contributed by atoms with van der Waals surface area (Å²) in [4.78, 5) is 22.5. The van der Waals surface area contributed by atoms with Crippen LogP contribution in [0.4, 0.5) is 0 Å². The van der Waals surface area contributed by atoms with Crippen molar-refractivity contribution in [2.45, 2.75) is 12.5 Å². The molecule has 0 saturated carbocycles. The molecule has 3 N–H and O–H groups in total. The molecule has 0 aromatic carbocycles. The van der Waals surface area contributed by atoms with E-state index in [2.05, 4.69) is 0 Å². The fraction of sp³-hybridized carbons (Fsp3) is 0.667. The number of aliphatic hydroxyl groups is 1. The second-order valence-corrected chi connectivity index (χ2v) is 2.60. The van der Waals surface area contributed by atoms with Crippen LogP contribution in [0.25, 0.3) is 0 Å². The van der Waals surface area contributed by atoms with Gasteiger partial charge < -0.3 is 17.2 Å². The number of rotatable bonds is 2. The molecule has 0 aromatic heterocycles. The van der Waals surface area contributed by atoms with E-state index in [4.69, 9.17) is 10.8 Å². The van der Waals surface area contributed by atoms with Crippen molar-refractivity contribution in [1.82, 2.24) is 4.90 Å². The molecule has 0 radical (unpaired) electrons. The average Bonchev–Trinajstić information content (AvgIpc) is 2.09. The number of primary amides is 1. The van der Waals surface area contributed by atoms with Crippen LogP contribution >= 0.6 is 0 Å². The van der Waals surface area contributed by atoms with E-state index in [-0.39, 0.29) is 78.2 Å². The Hall–Kier alpha value is 0.536. The predicted molar refractivity (Wildman–Crippen MR) is 37.5 cm³/mol. The second-order valence-electron chi connectivity index (χ2n) is 2.60. The maximum absolute atomic E-state index is 10.9. The Morgan fingerprint density at radius 1 is 1.83 bits per heavy atom. The van der Waals surface area contributed by atoms with Gasteiger partial charge >= 0.3 is 51.4 Å². The molecule has 1 atom stereocenters. The fourth-order valence-corrected chi connectivity index (χ4v) is 1.09. The van der Waals surface area contributed by atoms with Crippen LogP contribution in [0.3, 0.4) is 0 Å². The zero-order valence-electron chi connectivity index (χ0n) is 7.99. The third-order valence-corrected chi connectivity index (χ3v) is 1.54. The van der Waals surface area contributed by atoms with Gasteiger partial charge in [0.15, 0.2) is 0 Å². The van der Waals surface area contributed by atoms with Gasteiger partial charge in [0.05, 0.1) is 19.1 Å². The minimum atomic E-state index is -0.637. The molecule has 1 aliphatic heterocycles. The summed E-state index contributed by atoms with van der Waals surface area (Å²) in [7, 11) is 0. The van der Waals surface area contributed by atoms with Gasteiger partial charge in [0.25, 0.3) is 0 Å². The van der Waals surface area contributed by atoms with Gasteiger partial charge in [0.2, 0.25) is 11.8 Å². The van der Waals surface area contributed by atoms with Crippen molar-refractivity contribution in [1.29, 1.82) is 0 Å². The quantitative estimate of drug-likeness (QED) is 0.437. The topological polar surface area (TPSA) is 83.6 Å². The van der Waals surface area contributed by atoms with E-state index in [1.165, 1.54) is 4.90 Å². The molecule has 0 bridgehead atoms. The third kappa shape index (κ3) is 3.50. The van der Waals surface area contributed by atoms with E-state index < -0.39 is 12.0 Å². The normalized spacial score (nSPS) is 22.2. The van der Waals surface area contributed by atoms with Gasteiger partial charge in [-0.25, -0.2) is 0 Å². The summed E-state index contributed by atoms with van der Waals surface area (Å²) in [5, 5.41) is 8.97. The first-order chi connectivity index (χ1) is 5.09. The molecular formula is C6H11KN2O3. The summed E-state index contributed by atoms with van der Waals surface area (Å²) < 4.78 is 0. The van der Waals surface area contributed by atoms with Crippen molar-refractivity contribution in [3.8, 4) is 0 Å². The molecule has 1 saturated heterocycles. The molecule has 0 aliphatic carbocycles. The number of nitrogens with zero attached hydrogens (tertiary/aromatic N) is 1. The first kappa shape index (κ1) is 12.5. The van der Waals surface area contributed by atoms with Gasteiger partial charge in [-0.2, -0.15) is 0 Å². The third-order valence-electron chi connectivity index (χ3n) is 1.54. The molecule has 6 heteroatoms. The molecule has 1 heterocycles. The molecule has 12 heavy (non-hydrogen) atoms. The van der Waals surface area contributed by atoms with Crippen LogP contribution < -0.4 is 57.1 Å². The number of likely N-dealkylation sites (tertiary alicyclic amines) is 1. The number of hydrogen-bond donors (Lipinski definition) is 2. The molecule has 0 aromatic rings. The Kier molecular flexibility index (Phi) is 5.54. The molecule has 64 valence electrons. The van der Waals surface area contributed by atoms with Crippen LogP contribution in [-0.2, 0) is 9.59 Å². The summed E-state index contributed by atoms with van der Waals surface area (Å²) in [5.74, 6) is -0.760. The first-order valence-corrected chi connectivity index (χ1v) is 3.33. The molecule has 5 nitrogen and oxygen atoms in total. The van der Waals surface area contributed by atoms with E-state index in [1.807, 2.05) is 0 Å². The van der Waals surface area contributed by atoms with Crippen LogP contribution in [0.1, 0.15) is 7.85 Å². The summed E-state index contributed by atoms with van der Waals surface area (Å²) in [6.45, 7) is 0.137. The maximum Gasteiger partial charge on any atom is 1.00 e. The number of nitrogens with two attached hydrogens (primary N) is 1. The molecule has 1 aliphatic rings. The van der Waals surface area contributed by atoms with Crippen LogP contribution in [0.15, 0.2) is 0 Å². The van der Waals surface area contributed by atoms with Crippen molar-refractivity contribution < 1.29 is 67.5 Å². The molecule has 1 unspecified atom stereocenters. The Bertz CT molecular complexity index is 202. The number of amides is 2. The number of hydrogen-bond acceptors (Lipinski definition) is 3. The van der Waals surface area contributed by atoms with Crippen molar-refractivity contribution in [3.63, 3.8) is 0 Å². The molecular weight excluding hydrogens is 187 g/mol. The Labute approximate surface area is 114 Å². The number of β-amino-alcohol motifs (C(OH)–C–C–N with tert-alkyl or cyclic N) is 1. The van der Waals surface area contributed by atoms with Gasteiger partial charge in [0, 0.05) is 6.54 Å². The van der Waals surface area contributed by atoms with Crippen LogP contribution in [-0.4, -0.2) is 41.0 Å².